The lowest BCUT2D eigenvalue weighted by atomic mass is 10.1. The maximum Gasteiger partial charge on any atom is 0.277 e. The number of anilines is 2. The van der Waals surface area contributed by atoms with E-state index in [2.05, 4.69) is 61.7 Å². The summed E-state index contributed by atoms with van der Waals surface area (Å²) in [7, 11) is 0. The second-order valence-corrected chi connectivity index (χ2v) is 8.85. The number of benzene rings is 2. The number of piperazine rings is 1. The van der Waals surface area contributed by atoms with Crippen LogP contribution < -0.4 is 10.2 Å². The molecule has 1 aliphatic rings. The Morgan fingerprint density at radius 2 is 1.82 bits per heavy atom. The molecule has 0 radical (unpaired) electrons. The lowest BCUT2D eigenvalue weighted by Gasteiger charge is -2.36. The summed E-state index contributed by atoms with van der Waals surface area (Å²) in [6.07, 6.45) is 0.935. The first-order valence-corrected chi connectivity index (χ1v) is 11.7. The van der Waals surface area contributed by atoms with Crippen LogP contribution in [0.3, 0.4) is 0 Å². The van der Waals surface area contributed by atoms with Gasteiger partial charge in [-0.05, 0) is 62.2 Å². The third kappa shape index (κ3) is 4.94. The van der Waals surface area contributed by atoms with E-state index in [9.17, 15) is 4.79 Å². The van der Waals surface area contributed by atoms with Crippen LogP contribution in [0.4, 0.5) is 11.4 Å². The van der Waals surface area contributed by atoms with Crippen LogP contribution in [-0.2, 0) is 6.42 Å². The first kappa shape index (κ1) is 22.1. The number of aryl methyl sites for hydroxylation is 2. The number of hydrogen-bond donors (Lipinski definition) is 1. The average molecular weight is 456 g/mol. The molecule has 5 rings (SSSR count). The van der Waals surface area contributed by atoms with Crippen LogP contribution >= 0.6 is 0 Å². The zero-order valence-electron chi connectivity index (χ0n) is 19.6. The van der Waals surface area contributed by atoms with E-state index in [0.717, 1.165) is 56.0 Å². The summed E-state index contributed by atoms with van der Waals surface area (Å²) < 4.78 is 4.99. The Morgan fingerprint density at radius 3 is 2.62 bits per heavy atom. The Bertz CT molecular complexity index is 1310. The third-order valence-corrected chi connectivity index (χ3v) is 6.32. The Balaban J connectivity index is 1.16. The van der Waals surface area contributed by atoms with Crippen molar-refractivity contribution < 1.29 is 9.32 Å². The van der Waals surface area contributed by atoms with E-state index >= 15 is 0 Å². The van der Waals surface area contributed by atoms with Crippen molar-refractivity contribution in [1.29, 1.82) is 0 Å². The van der Waals surface area contributed by atoms with E-state index in [1.165, 1.54) is 16.6 Å². The van der Waals surface area contributed by atoms with E-state index in [1.807, 2.05) is 25.1 Å². The van der Waals surface area contributed by atoms with Gasteiger partial charge in [-0.2, -0.15) is 0 Å². The Hall–Kier alpha value is -3.71. The topological polar surface area (TPSA) is 74.5 Å². The summed E-state index contributed by atoms with van der Waals surface area (Å²) in [5, 5.41) is 7.91. The van der Waals surface area contributed by atoms with Crippen LogP contribution in [-0.4, -0.2) is 53.7 Å². The second-order valence-electron chi connectivity index (χ2n) is 8.85. The molecule has 1 saturated heterocycles. The largest absolute Gasteiger partial charge is 0.368 e. The van der Waals surface area contributed by atoms with Crippen LogP contribution in [0.1, 0.15) is 27.5 Å². The molecule has 0 atom stereocenters. The molecule has 0 saturated carbocycles. The maximum absolute atomic E-state index is 12.3. The van der Waals surface area contributed by atoms with Crippen molar-refractivity contribution in [3.63, 3.8) is 0 Å². The second kappa shape index (κ2) is 9.65. The molecular weight excluding hydrogens is 426 g/mol. The summed E-state index contributed by atoms with van der Waals surface area (Å²) in [6, 6.07) is 20.3. The van der Waals surface area contributed by atoms with Crippen molar-refractivity contribution in [2.45, 2.75) is 20.3 Å². The van der Waals surface area contributed by atoms with Crippen molar-refractivity contribution in [2.75, 3.05) is 42.9 Å². The SMILES string of the molecule is Cc1ccc2c(N3CCN(CCc4cccc(NC(=O)c5cc(C)on5)c4)CC3)cccc2n1. The van der Waals surface area contributed by atoms with Crippen LogP contribution in [0.2, 0.25) is 0 Å². The molecule has 1 N–H and O–H groups in total. The Labute approximate surface area is 199 Å². The fourth-order valence-corrected chi connectivity index (χ4v) is 4.49. The average Bonchev–Trinajstić information content (AvgIpc) is 3.29. The first-order chi connectivity index (χ1) is 16.5. The summed E-state index contributed by atoms with van der Waals surface area (Å²) in [5.41, 5.74) is 5.64. The van der Waals surface area contributed by atoms with Crippen molar-refractivity contribution in [3.05, 3.63) is 83.4 Å². The molecule has 4 aromatic rings. The number of pyridine rings is 1. The molecule has 0 aliphatic carbocycles. The molecule has 1 amide bonds. The molecule has 0 bridgehead atoms. The summed E-state index contributed by atoms with van der Waals surface area (Å²) in [6.45, 7) is 8.84. The number of carbonyl (C=O) groups excluding carboxylic acids is 1. The number of nitrogens with one attached hydrogen (secondary N) is 1. The van der Waals surface area contributed by atoms with Gasteiger partial charge >= 0.3 is 0 Å². The summed E-state index contributed by atoms with van der Waals surface area (Å²) >= 11 is 0. The number of carbonyl (C=O) groups is 1. The highest BCUT2D eigenvalue weighted by atomic mass is 16.5. The smallest absolute Gasteiger partial charge is 0.277 e. The van der Waals surface area contributed by atoms with Crippen molar-refractivity contribution in [2.24, 2.45) is 0 Å². The van der Waals surface area contributed by atoms with Gasteiger partial charge in [0.15, 0.2) is 5.69 Å². The normalized spacial score (nSPS) is 14.5. The molecule has 2 aromatic carbocycles. The van der Waals surface area contributed by atoms with Gasteiger partial charge in [0.1, 0.15) is 5.76 Å². The van der Waals surface area contributed by atoms with Crippen molar-refractivity contribution >= 4 is 28.2 Å². The number of fused-ring (bicyclic) bond motifs is 1. The van der Waals surface area contributed by atoms with Gasteiger partial charge in [0, 0.05) is 61.2 Å². The molecular formula is C27H29N5O2. The van der Waals surface area contributed by atoms with Gasteiger partial charge in [-0.25, -0.2) is 0 Å². The zero-order valence-corrected chi connectivity index (χ0v) is 19.6. The van der Waals surface area contributed by atoms with Gasteiger partial charge in [0.2, 0.25) is 0 Å². The van der Waals surface area contributed by atoms with Gasteiger partial charge < -0.3 is 14.7 Å². The predicted octanol–water partition coefficient (Wildman–Crippen LogP) is 4.46. The molecule has 34 heavy (non-hydrogen) atoms. The number of aromatic nitrogens is 2. The molecule has 7 nitrogen and oxygen atoms in total. The number of nitrogens with zero attached hydrogens (tertiary/aromatic N) is 4. The number of rotatable bonds is 6. The standard InChI is InChI=1S/C27H29N5O2/c1-19-9-10-23-24(28-19)7-4-8-26(23)32-15-13-31(14-16-32)12-11-21-5-3-6-22(18-21)29-27(33)25-17-20(2)34-30-25/h3-10,17-18H,11-16H2,1-2H3,(H,29,33). The molecule has 0 unspecified atom stereocenters. The third-order valence-electron chi connectivity index (χ3n) is 6.32. The highest BCUT2D eigenvalue weighted by Crippen LogP contribution is 2.27. The molecule has 7 heteroatoms. The highest BCUT2D eigenvalue weighted by Gasteiger charge is 2.19. The van der Waals surface area contributed by atoms with Crippen molar-refractivity contribution in [3.8, 4) is 0 Å². The predicted molar refractivity (Wildman–Crippen MR) is 134 cm³/mol. The Kier molecular flexibility index (Phi) is 6.27. The van der Waals surface area contributed by atoms with E-state index in [-0.39, 0.29) is 11.6 Å². The van der Waals surface area contributed by atoms with Gasteiger partial charge in [-0.3, -0.25) is 14.7 Å². The van der Waals surface area contributed by atoms with Gasteiger partial charge in [-0.15, -0.1) is 0 Å². The fraction of sp³-hybridized carbons (Fsp3) is 0.296. The van der Waals surface area contributed by atoms with E-state index in [1.54, 1.807) is 13.0 Å². The Morgan fingerprint density at radius 1 is 1.00 bits per heavy atom. The van der Waals surface area contributed by atoms with E-state index in [4.69, 9.17) is 4.52 Å². The molecule has 0 spiro atoms. The molecule has 1 aliphatic heterocycles. The van der Waals surface area contributed by atoms with Gasteiger partial charge in [-0.1, -0.05) is 23.4 Å². The van der Waals surface area contributed by atoms with Crippen LogP contribution in [0, 0.1) is 13.8 Å². The minimum absolute atomic E-state index is 0.260. The maximum atomic E-state index is 12.3. The molecule has 1 fully saturated rings. The monoisotopic (exact) mass is 455 g/mol. The quantitative estimate of drug-likeness (QED) is 0.463. The zero-order chi connectivity index (χ0) is 23.5. The van der Waals surface area contributed by atoms with E-state index < -0.39 is 0 Å². The lowest BCUT2D eigenvalue weighted by Crippen LogP contribution is -2.47. The van der Waals surface area contributed by atoms with Crippen LogP contribution in [0.25, 0.3) is 10.9 Å². The van der Waals surface area contributed by atoms with Crippen molar-refractivity contribution in [1.82, 2.24) is 15.0 Å². The minimum Gasteiger partial charge on any atom is -0.368 e. The molecule has 174 valence electrons. The summed E-state index contributed by atoms with van der Waals surface area (Å²) in [4.78, 5) is 22.0. The number of hydrogen-bond acceptors (Lipinski definition) is 6. The first-order valence-electron chi connectivity index (χ1n) is 11.7. The lowest BCUT2D eigenvalue weighted by molar-refractivity contribution is 0.101. The molecule has 2 aromatic heterocycles. The van der Waals surface area contributed by atoms with Crippen LogP contribution in [0.5, 0.6) is 0 Å². The molecule has 3 heterocycles. The summed E-state index contributed by atoms with van der Waals surface area (Å²) in [5.74, 6) is 0.357. The van der Waals surface area contributed by atoms with Gasteiger partial charge in [0.05, 0.1) is 5.52 Å². The van der Waals surface area contributed by atoms with Crippen LogP contribution in [0.15, 0.2) is 65.2 Å². The van der Waals surface area contributed by atoms with Gasteiger partial charge in [0.25, 0.3) is 5.91 Å². The van der Waals surface area contributed by atoms with E-state index in [0.29, 0.717) is 5.76 Å². The minimum atomic E-state index is -0.260. The number of amides is 1. The highest BCUT2D eigenvalue weighted by molar-refractivity contribution is 6.02. The fourth-order valence-electron chi connectivity index (χ4n) is 4.49.